The molecule has 0 bridgehead atoms. The largest absolute Gasteiger partial charge is 0.460 e. The Morgan fingerprint density at radius 3 is 2.70 bits per heavy atom. The normalized spacial score (nSPS) is 19.1. The van der Waals surface area contributed by atoms with Gasteiger partial charge in [-0.3, -0.25) is 4.79 Å². The highest BCUT2D eigenvalue weighted by atomic mass is 16.3. The predicted molar refractivity (Wildman–Crippen MR) is 112 cm³/mol. The molecule has 1 saturated heterocycles. The number of hydrogen-bond donors (Lipinski definition) is 0. The average molecular weight is 406 g/mol. The van der Waals surface area contributed by atoms with E-state index in [0.29, 0.717) is 34.9 Å². The second kappa shape index (κ2) is 7.36. The molecule has 1 aliphatic heterocycles. The maximum atomic E-state index is 13.3. The molecule has 0 aromatic carbocycles. The van der Waals surface area contributed by atoms with Gasteiger partial charge in [-0.1, -0.05) is 0 Å². The van der Waals surface area contributed by atoms with E-state index in [1.54, 1.807) is 17.1 Å². The summed E-state index contributed by atoms with van der Waals surface area (Å²) in [4.78, 5) is 26.5. The van der Waals surface area contributed by atoms with Gasteiger partial charge in [-0.15, -0.1) is 0 Å². The number of hydrogen-bond acceptors (Lipinski definition) is 6. The molecule has 30 heavy (non-hydrogen) atoms. The van der Waals surface area contributed by atoms with E-state index >= 15 is 0 Å². The predicted octanol–water partition coefficient (Wildman–Crippen LogP) is 2.88. The molecule has 2 aliphatic rings. The first-order valence-electron chi connectivity index (χ1n) is 10.4. The van der Waals surface area contributed by atoms with Crippen molar-refractivity contribution in [3.63, 3.8) is 0 Å². The van der Waals surface area contributed by atoms with Crippen LogP contribution in [0.2, 0.25) is 0 Å². The van der Waals surface area contributed by atoms with Crippen molar-refractivity contribution in [2.24, 2.45) is 0 Å². The highest BCUT2D eigenvalue weighted by Crippen LogP contribution is 2.42. The SMILES string of the molecule is Cc1ccc(-c2ccnc(-n3ncc(C(=O)N4CC[C@@H](N(C)C)C4)c3C3CC3)n2)o1. The van der Waals surface area contributed by atoms with Crippen molar-refractivity contribution < 1.29 is 9.21 Å². The highest BCUT2D eigenvalue weighted by molar-refractivity contribution is 5.95. The van der Waals surface area contributed by atoms with Gasteiger partial charge in [0.15, 0.2) is 5.76 Å². The minimum atomic E-state index is 0.0605. The third kappa shape index (κ3) is 3.41. The maximum absolute atomic E-state index is 13.3. The molecular weight excluding hydrogens is 380 g/mol. The lowest BCUT2D eigenvalue weighted by Crippen LogP contribution is -2.34. The number of carbonyl (C=O) groups is 1. The molecule has 1 aliphatic carbocycles. The summed E-state index contributed by atoms with van der Waals surface area (Å²) in [7, 11) is 4.13. The van der Waals surface area contributed by atoms with Crippen molar-refractivity contribution in [3.8, 4) is 17.4 Å². The molecule has 0 N–H and O–H groups in total. The second-order valence-electron chi connectivity index (χ2n) is 8.44. The Hall–Kier alpha value is -3.00. The first-order chi connectivity index (χ1) is 14.5. The summed E-state index contributed by atoms with van der Waals surface area (Å²) in [6.07, 6.45) is 6.51. The number of aromatic nitrogens is 4. The Morgan fingerprint density at radius 2 is 2.03 bits per heavy atom. The molecule has 5 rings (SSSR count). The number of likely N-dealkylation sites (tertiary alicyclic amines) is 1. The number of aryl methyl sites for hydroxylation is 1. The Labute approximate surface area is 175 Å². The average Bonchev–Trinajstić information content (AvgIpc) is 3.14. The summed E-state index contributed by atoms with van der Waals surface area (Å²) in [5.41, 5.74) is 2.31. The van der Waals surface area contributed by atoms with Crippen LogP contribution in [0.1, 0.15) is 47.0 Å². The van der Waals surface area contributed by atoms with Crippen LogP contribution in [0.25, 0.3) is 17.4 Å². The summed E-state index contributed by atoms with van der Waals surface area (Å²) in [6.45, 7) is 3.44. The number of likely N-dealkylation sites (N-methyl/N-ethyl adjacent to an activating group) is 1. The van der Waals surface area contributed by atoms with Crippen LogP contribution in [0.15, 0.2) is 35.0 Å². The highest BCUT2D eigenvalue weighted by Gasteiger charge is 2.36. The number of rotatable bonds is 5. The molecule has 0 unspecified atom stereocenters. The summed E-state index contributed by atoms with van der Waals surface area (Å²) in [6, 6.07) is 6.04. The van der Waals surface area contributed by atoms with Crippen molar-refractivity contribution in [1.82, 2.24) is 29.5 Å². The van der Waals surface area contributed by atoms with Gasteiger partial charge in [-0.25, -0.2) is 14.6 Å². The lowest BCUT2D eigenvalue weighted by molar-refractivity contribution is 0.0782. The molecule has 1 saturated carbocycles. The van der Waals surface area contributed by atoms with Crippen LogP contribution >= 0.6 is 0 Å². The van der Waals surface area contributed by atoms with Gasteiger partial charge in [-0.2, -0.15) is 5.10 Å². The molecule has 8 heteroatoms. The molecule has 1 atom stereocenters. The lowest BCUT2D eigenvalue weighted by atomic mass is 10.1. The van der Waals surface area contributed by atoms with Crippen LogP contribution in [0.3, 0.4) is 0 Å². The lowest BCUT2D eigenvalue weighted by Gasteiger charge is -2.20. The van der Waals surface area contributed by atoms with E-state index in [-0.39, 0.29) is 5.91 Å². The van der Waals surface area contributed by atoms with Crippen LogP contribution in [0.4, 0.5) is 0 Å². The maximum Gasteiger partial charge on any atom is 0.257 e. The summed E-state index contributed by atoms with van der Waals surface area (Å²) < 4.78 is 7.45. The molecule has 1 amide bonds. The van der Waals surface area contributed by atoms with Gasteiger partial charge in [0.25, 0.3) is 11.9 Å². The zero-order valence-electron chi connectivity index (χ0n) is 17.6. The first-order valence-corrected chi connectivity index (χ1v) is 10.4. The standard InChI is InChI=1S/C22H26N6O2/c1-14-4-7-19(30-14)18-8-10-23-22(25-18)28-20(15-5-6-15)17(12-24-28)21(29)27-11-9-16(13-27)26(2)3/h4,7-8,10,12,15-16H,5-6,9,11,13H2,1-3H3/t16-/m1/s1. The molecule has 4 heterocycles. The van der Waals surface area contributed by atoms with Crippen LogP contribution in [0.5, 0.6) is 0 Å². The van der Waals surface area contributed by atoms with Crippen molar-refractivity contribution in [3.05, 3.63) is 47.6 Å². The van der Waals surface area contributed by atoms with E-state index in [1.165, 1.54) is 0 Å². The molecular formula is C22H26N6O2. The minimum absolute atomic E-state index is 0.0605. The summed E-state index contributed by atoms with van der Waals surface area (Å²) in [5, 5.41) is 4.54. The number of carbonyl (C=O) groups excluding carboxylic acids is 1. The van der Waals surface area contributed by atoms with E-state index in [4.69, 9.17) is 4.42 Å². The number of nitrogens with zero attached hydrogens (tertiary/aromatic N) is 6. The fourth-order valence-corrected chi connectivity index (χ4v) is 4.11. The summed E-state index contributed by atoms with van der Waals surface area (Å²) in [5.74, 6) is 2.38. The smallest absolute Gasteiger partial charge is 0.257 e. The summed E-state index contributed by atoms with van der Waals surface area (Å²) >= 11 is 0. The molecule has 0 radical (unpaired) electrons. The fraction of sp³-hybridized carbons (Fsp3) is 0.455. The van der Waals surface area contributed by atoms with Crippen molar-refractivity contribution in [1.29, 1.82) is 0 Å². The van der Waals surface area contributed by atoms with Gasteiger partial charge in [-0.05, 0) is 58.5 Å². The quantitative estimate of drug-likeness (QED) is 0.648. The molecule has 0 spiro atoms. The number of amides is 1. The van der Waals surface area contributed by atoms with E-state index in [9.17, 15) is 4.79 Å². The zero-order valence-corrected chi connectivity index (χ0v) is 17.6. The topological polar surface area (TPSA) is 80.3 Å². The van der Waals surface area contributed by atoms with E-state index in [1.807, 2.05) is 30.0 Å². The van der Waals surface area contributed by atoms with Crippen molar-refractivity contribution in [2.75, 3.05) is 27.2 Å². The Kier molecular flexibility index (Phi) is 4.66. The van der Waals surface area contributed by atoms with Crippen molar-refractivity contribution in [2.45, 2.75) is 38.1 Å². The van der Waals surface area contributed by atoms with E-state index in [2.05, 4.69) is 34.1 Å². The van der Waals surface area contributed by atoms with E-state index < -0.39 is 0 Å². The van der Waals surface area contributed by atoms with Gasteiger partial charge in [0.05, 0.1) is 17.5 Å². The van der Waals surface area contributed by atoms with Crippen LogP contribution in [0, 0.1) is 6.92 Å². The number of furan rings is 1. The first kappa shape index (κ1) is 19.0. The minimum Gasteiger partial charge on any atom is -0.460 e. The van der Waals surface area contributed by atoms with Crippen molar-refractivity contribution >= 4 is 5.91 Å². The van der Waals surface area contributed by atoms with Crippen LogP contribution in [-0.2, 0) is 0 Å². The molecule has 2 fully saturated rings. The molecule has 3 aromatic rings. The Morgan fingerprint density at radius 1 is 1.20 bits per heavy atom. The zero-order chi connectivity index (χ0) is 20.8. The molecule has 3 aromatic heterocycles. The molecule has 156 valence electrons. The van der Waals surface area contributed by atoms with Gasteiger partial charge in [0.1, 0.15) is 11.5 Å². The van der Waals surface area contributed by atoms with E-state index in [0.717, 1.165) is 43.8 Å². The van der Waals surface area contributed by atoms with Gasteiger partial charge in [0.2, 0.25) is 0 Å². The third-order valence-corrected chi connectivity index (χ3v) is 6.01. The Bertz CT molecular complexity index is 1080. The Balaban J connectivity index is 1.48. The van der Waals surface area contributed by atoms with Crippen LogP contribution < -0.4 is 0 Å². The monoisotopic (exact) mass is 406 g/mol. The second-order valence-corrected chi connectivity index (χ2v) is 8.44. The van der Waals surface area contributed by atoms with Gasteiger partial charge >= 0.3 is 0 Å². The van der Waals surface area contributed by atoms with Gasteiger partial charge < -0.3 is 14.2 Å². The van der Waals surface area contributed by atoms with Gasteiger partial charge in [0, 0.05) is 31.2 Å². The molecule has 8 nitrogen and oxygen atoms in total. The fourth-order valence-electron chi connectivity index (χ4n) is 4.11. The van der Waals surface area contributed by atoms with Crippen LogP contribution in [-0.4, -0.2) is 68.7 Å². The third-order valence-electron chi connectivity index (χ3n) is 6.01.